The Morgan fingerprint density at radius 1 is 1.44 bits per heavy atom. The van der Waals surface area contributed by atoms with Gasteiger partial charge in [0.2, 0.25) is 5.89 Å². The number of thiophene rings is 1. The van der Waals surface area contributed by atoms with E-state index in [4.69, 9.17) is 4.52 Å². The number of likely N-dealkylation sites (tertiary alicyclic amines) is 1. The zero-order valence-electron chi connectivity index (χ0n) is 14.8. The summed E-state index contributed by atoms with van der Waals surface area (Å²) in [7, 11) is 4.20. The number of carbonyl (C=O) groups is 1. The zero-order chi connectivity index (χ0) is 17.6. The van der Waals surface area contributed by atoms with Crippen LogP contribution in [0.5, 0.6) is 0 Å². The van der Waals surface area contributed by atoms with Crippen molar-refractivity contribution in [1.29, 1.82) is 0 Å². The van der Waals surface area contributed by atoms with Crippen molar-refractivity contribution in [3.8, 4) is 0 Å². The molecule has 136 valence electrons. The second kappa shape index (κ2) is 8.44. The lowest BCUT2D eigenvalue weighted by molar-refractivity contribution is 0.195. The van der Waals surface area contributed by atoms with Gasteiger partial charge in [-0.1, -0.05) is 11.2 Å². The standard InChI is InChI=1S/C17H25N5O2S/c1-21(2)13-5-3-8-22(9-7-13)17(23)18-12-16-19-15(20-24-16)11-14-6-4-10-25-14/h4,6,10,13H,3,5,7-9,11-12H2,1-2H3,(H,18,23)/t13-/m0/s1. The van der Waals surface area contributed by atoms with Crippen LogP contribution < -0.4 is 5.32 Å². The van der Waals surface area contributed by atoms with Crippen molar-refractivity contribution in [3.63, 3.8) is 0 Å². The Morgan fingerprint density at radius 3 is 3.08 bits per heavy atom. The molecule has 7 nitrogen and oxygen atoms in total. The van der Waals surface area contributed by atoms with E-state index in [1.165, 1.54) is 4.88 Å². The highest BCUT2D eigenvalue weighted by Gasteiger charge is 2.21. The Hall–Kier alpha value is -1.93. The molecule has 2 amide bonds. The van der Waals surface area contributed by atoms with Gasteiger partial charge in [0, 0.05) is 30.4 Å². The van der Waals surface area contributed by atoms with Gasteiger partial charge in [-0.2, -0.15) is 4.98 Å². The van der Waals surface area contributed by atoms with Crippen molar-refractivity contribution < 1.29 is 9.32 Å². The lowest BCUT2D eigenvalue weighted by Crippen LogP contribution is -2.40. The van der Waals surface area contributed by atoms with Crippen LogP contribution >= 0.6 is 11.3 Å². The first kappa shape index (κ1) is 17.9. The lowest BCUT2D eigenvalue weighted by Gasteiger charge is -2.23. The SMILES string of the molecule is CN(C)[C@H]1CCCN(C(=O)NCc2nc(Cc3cccs3)no2)CC1. The molecule has 0 unspecified atom stereocenters. The van der Waals surface area contributed by atoms with Gasteiger partial charge in [0.25, 0.3) is 0 Å². The first-order chi connectivity index (χ1) is 12.1. The zero-order valence-corrected chi connectivity index (χ0v) is 15.6. The molecule has 3 heterocycles. The number of nitrogens with zero attached hydrogens (tertiary/aromatic N) is 4. The molecule has 0 spiro atoms. The maximum Gasteiger partial charge on any atom is 0.317 e. The van der Waals surface area contributed by atoms with Crippen molar-refractivity contribution in [1.82, 2.24) is 25.3 Å². The quantitative estimate of drug-likeness (QED) is 0.883. The van der Waals surface area contributed by atoms with Crippen LogP contribution in [0, 0.1) is 0 Å². The van der Waals surface area contributed by atoms with Crippen LogP contribution in [0.1, 0.15) is 35.9 Å². The summed E-state index contributed by atoms with van der Waals surface area (Å²) in [5.74, 6) is 1.09. The minimum Gasteiger partial charge on any atom is -0.337 e. The number of nitrogens with one attached hydrogen (secondary N) is 1. The summed E-state index contributed by atoms with van der Waals surface area (Å²) in [5, 5.41) is 8.89. The van der Waals surface area contributed by atoms with Crippen molar-refractivity contribution in [2.45, 2.75) is 38.3 Å². The number of aromatic nitrogens is 2. The summed E-state index contributed by atoms with van der Waals surface area (Å²) in [6.45, 7) is 1.84. The number of hydrogen-bond acceptors (Lipinski definition) is 6. The predicted octanol–water partition coefficient (Wildman–Crippen LogP) is 2.35. The molecule has 1 saturated heterocycles. The molecule has 0 aromatic carbocycles. The van der Waals surface area contributed by atoms with Crippen molar-refractivity contribution >= 4 is 17.4 Å². The number of carbonyl (C=O) groups excluding carboxylic acids is 1. The Morgan fingerprint density at radius 2 is 2.32 bits per heavy atom. The molecule has 0 saturated carbocycles. The van der Waals surface area contributed by atoms with Crippen molar-refractivity contribution in [2.24, 2.45) is 0 Å². The summed E-state index contributed by atoms with van der Waals surface area (Å²) < 4.78 is 5.23. The van der Waals surface area contributed by atoms with Crippen LogP contribution in [0.15, 0.2) is 22.0 Å². The summed E-state index contributed by atoms with van der Waals surface area (Å²) in [5.41, 5.74) is 0. The van der Waals surface area contributed by atoms with Gasteiger partial charge in [0.15, 0.2) is 5.82 Å². The van der Waals surface area contributed by atoms with Gasteiger partial charge in [-0.3, -0.25) is 0 Å². The summed E-state index contributed by atoms with van der Waals surface area (Å²) in [4.78, 5) is 22.0. The number of urea groups is 1. The Bertz CT molecular complexity index is 670. The molecule has 25 heavy (non-hydrogen) atoms. The van der Waals surface area contributed by atoms with Crippen LogP contribution in [-0.2, 0) is 13.0 Å². The fourth-order valence-corrected chi connectivity index (χ4v) is 3.77. The highest BCUT2D eigenvalue weighted by Crippen LogP contribution is 2.15. The smallest absolute Gasteiger partial charge is 0.317 e. The molecule has 3 rings (SSSR count). The van der Waals surface area contributed by atoms with Gasteiger partial charge in [-0.25, -0.2) is 4.79 Å². The first-order valence-electron chi connectivity index (χ1n) is 8.65. The van der Waals surface area contributed by atoms with Gasteiger partial charge < -0.3 is 19.6 Å². The normalized spacial score (nSPS) is 18.4. The van der Waals surface area contributed by atoms with Crippen LogP contribution in [-0.4, -0.2) is 59.2 Å². The fourth-order valence-electron chi connectivity index (χ4n) is 3.06. The maximum absolute atomic E-state index is 12.4. The van der Waals surface area contributed by atoms with Gasteiger partial charge in [0.1, 0.15) is 0 Å². The Kier molecular flexibility index (Phi) is 6.04. The molecular weight excluding hydrogens is 338 g/mol. The molecule has 1 N–H and O–H groups in total. The number of hydrogen-bond donors (Lipinski definition) is 1. The molecule has 0 bridgehead atoms. The van der Waals surface area contributed by atoms with E-state index in [1.54, 1.807) is 11.3 Å². The van der Waals surface area contributed by atoms with Gasteiger partial charge in [-0.15, -0.1) is 11.3 Å². The molecule has 2 aromatic heterocycles. The Labute approximate surface area is 152 Å². The van der Waals surface area contributed by atoms with E-state index in [1.807, 2.05) is 22.4 Å². The molecule has 1 aliphatic heterocycles. The van der Waals surface area contributed by atoms with Crippen LogP contribution in [0.4, 0.5) is 4.79 Å². The third-order valence-electron chi connectivity index (χ3n) is 4.53. The maximum atomic E-state index is 12.4. The van der Waals surface area contributed by atoms with E-state index in [0.29, 0.717) is 24.2 Å². The molecular formula is C17H25N5O2S. The molecule has 1 fully saturated rings. The first-order valence-corrected chi connectivity index (χ1v) is 9.53. The highest BCUT2D eigenvalue weighted by molar-refractivity contribution is 7.09. The number of rotatable bonds is 5. The second-order valence-corrected chi connectivity index (χ2v) is 7.59. The molecule has 0 radical (unpaired) electrons. The summed E-state index contributed by atoms with van der Waals surface area (Å²) in [6, 6.07) is 4.54. The van der Waals surface area contributed by atoms with Crippen LogP contribution in [0.2, 0.25) is 0 Å². The molecule has 2 aromatic rings. The predicted molar refractivity (Wildman–Crippen MR) is 96.6 cm³/mol. The van der Waals surface area contributed by atoms with E-state index in [9.17, 15) is 4.79 Å². The van der Waals surface area contributed by atoms with Crippen LogP contribution in [0.3, 0.4) is 0 Å². The lowest BCUT2D eigenvalue weighted by atomic mass is 10.1. The molecule has 1 aliphatic rings. The molecule has 0 aliphatic carbocycles. The third-order valence-corrected chi connectivity index (χ3v) is 5.40. The van der Waals surface area contributed by atoms with Crippen molar-refractivity contribution in [2.75, 3.05) is 27.2 Å². The monoisotopic (exact) mass is 363 g/mol. The van der Waals surface area contributed by atoms with E-state index in [2.05, 4.69) is 34.5 Å². The van der Waals surface area contributed by atoms with Crippen molar-refractivity contribution in [3.05, 3.63) is 34.1 Å². The second-order valence-electron chi connectivity index (χ2n) is 6.55. The third kappa shape index (κ3) is 5.02. The van der Waals surface area contributed by atoms with Crippen LogP contribution in [0.25, 0.3) is 0 Å². The largest absolute Gasteiger partial charge is 0.337 e. The summed E-state index contributed by atoms with van der Waals surface area (Å²) in [6.07, 6.45) is 3.83. The number of amides is 2. The van der Waals surface area contributed by atoms with E-state index in [-0.39, 0.29) is 12.6 Å². The topological polar surface area (TPSA) is 74.5 Å². The summed E-state index contributed by atoms with van der Waals surface area (Å²) >= 11 is 1.67. The van der Waals surface area contributed by atoms with Gasteiger partial charge in [0.05, 0.1) is 6.54 Å². The fraction of sp³-hybridized carbons (Fsp3) is 0.588. The van der Waals surface area contributed by atoms with E-state index < -0.39 is 0 Å². The minimum absolute atomic E-state index is 0.0580. The average Bonchev–Trinajstić information content (AvgIpc) is 3.19. The minimum atomic E-state index is -0.0580. The average molecular weight is 363 g/mol. The van der Waals surface area contributed by atoms with E-state index >= 15 is 0 Å². The Balaban J connectivity index is 1.46. The van der Waals surface area contributed by atoms with Gasteiger partial charge >= 0.3 is 6.03 Å². The molecule has 8 heteroatoms. The highest BCUT2D eigenvalue weighted by atomic mass is 32.1. The van der Waals surface area contributed by atoms with Gasteiger partial charge in [-0.05, 0) is 44.8 Å². The molecule has 1 atom stereocenters. The van der Waals surface area contributed by atoms with E-state index in [0.717, 1.165) is 32.4 Å².